The van der Waals surface area contributed by atoms with Gasteiger partial charge in [-0.2, -0.15) is 5.26 Å². The summed E-state index contributed by atoms with van der Waals surface area (Å²) in [5.41, 5.74) is 0. The molecule has 0 heterocycles. The van der Waals surface area contributed by atoms with Crippen LogP contribution in [-0.4, -0.2) is 35.8 Å². The molecular formula is C13H21N2O+. The summed E-state index contributed by atoms with van der Waals surface area (Å²) in [7, 11) is 0. The van der Waals surface area contributed by atoms with Crippen molar-refractivity contribution in [3.05, 3.63) is 50.6 Å². The second kappa shape index (κ2) is 11.3. The summed E-state index contributed by atoms with van der Waals surface area (Å²) in [6.07, 6.45) is 8.51. The average Bonchev–Trinajstić information content (AvgIpc) is 2.20. The third-order valence-electron chi connectivity index (χ3n) is 2.07. The summed E-state index contributed by atoms with van der Waals surface area (Å²) in [5.74, 6) is 0. The van der Waals surface area contributed by atoms with Crippen molar-refractivity contribution in [1.29, 1.82) is 5.26 Å². The van der Waals surface area contributed by atoms with Gasteiger partial charge in [0.1, 0.15) is 0 Å². The van der Waals surface area contributed by atoms with E-state index in [1.54, 1.807) is 0 Å². The van der Waals surface area contributed by atoms with Crippen LogP contribution in [0.1, 0.15) is 0 Å². The Hall–Kier alpha value is -1.79. The van der Waals surface area contributed by atoms with Crippen molar-refractivity contribution in [1.82, 2.24) is 0 Å². The van der Waals surface area contributed by atoms with Gasteiger partial charge in [0, 0.05) is 0 Å². The van der Waals surface area contributed by atoms with Gasteiger partial charge in [0.2, 0.25) is 0 Å². The first-order chi connectivity index (χ1) is 7.66. The molecule has 0 rings (SSSR count). The highest BCUT2D eigenvalue weighted by atomic mass is 16.2. The quantitative estimate of drug-likeness (QED) is 0.388. The zero-order chi connectivity index (χ0) is 12.9. The van der Waals surface area contributed by atoms with E-state index in [1.165, 1.54) is 0 Å². The third-order valence-corrected chi connectivity index (χ3v) is 2.07. The van der Waals surface area contributed by atoms with Crippen molar-refractivity contribution in [2.45, 2.75) is 0 Å². The van der Waals surface area contributed by atoms with E-state index in [2.05, 4.69) is 26.3 Å². The number of quaternary nitrogens is 1. The van der Waals surface area contributed by atoms with Gasteiger partial charge in [-0.15, -0.1) is 0 Å². The monoisotopic (exact) mass is 221 g/mol. The minimum atomic E-state index is 0.750. The molecule has 0 fully saturated rings. The first kappa shape index (κ1) is 16.6. The van der Waals surface area contributed by atoms with Crippen molar-refractivity contribution < 1.29 is 9.59 Å². The van der Waals surface area contributed by atoms with Crippen LogP contribution in [0.2, 0.25) is 0 Å². The number of aliphatic hydroxyl groups is 1. The zero-order valence-corrected chi connectivity index (χ0v) is 9.81. The number of nitriles is 1. The number of hydrogen-bond donors (Lipinski definition) is 1. The van der Waals surface area contributed by atoms with Crippen LogP contribution in [-0.2, 0) is 0 Å². The van der Waals surface area contributed by atoms with Crippen molar-refractivity contribution in [2.75, 3.05) is 26.2 Å². The average molecular weight is 221 g/mol. The van der Waals surface area contributed by atoms with Crippen LogP contribution in [0.5, 0.6) is 0 Å². The minimum absolute atomic E-state index is 0.750. The van der Waals surface area contributed by atoms with Crippen LogP contribution < -0.4 is 0 Å². The number of nitrogens with zero attached hydrogens (tertiary/aromatic N) is 2. The Bertz CT molecular complexity index is 218. The fourth-order valence-electron chi connectivity index (χ4n) is 1.54. The predicted molar refractivity (Wildman–Crippen MR) is 68.1 cm³/mol. The fourth-order valence-corrected chi connectivity index (χ4v) is 1.54. The van der Waals surface area contributed by atoms with Crippen LogP contribution >= 0.6 is 0 Å². The summed E-state index contributed by atoms with van der Waals surface area (Å²) in [4.78, 5) is 0. The summed E-state index contributed by atoms with van der Waals surface area (Å²) >= 11 is 0. The molecule has 88 valence electrons. The van der Waals surface area contributed by atoms with Gasteiger partial charge in [-0.25, -0.2) is 0 Å². The lowest BCUT2D eigenvalue weighted by molar-refractivity contribution is -0.906. The molecule has 0 aromatic heterocycles. The van der Waals surface area contributed by atoms with Gasteiger partial charge in [-0.1, -0.05) is 26.3 Å². The SMILES string of the molecule is C=CC[N+](CC=C)(CC=C)CC=C.N#CO. The third kappa shape index (κ3) is 7.60. The molecule has 0 atom stereocenters. The molecule has 0 aliphatic heterocycles. The highest BCUT2D eigenvalue weighted by molar-refractivity contribution is 4.79. The Morgan fingerprint density at radius 2 is 1.06 bits per heavy atom. The topological polar surface area (TPSA) is 44.0 Å². The number of rotatable bonds is 8. The molecule has 0 radical (unpaired) electrons. The molecule has 3 nitrogen and oxygen atoms in total. The number of hydrogen-bond acceptors (Lipinski definition) is 2. The normalized spacial score (nSPS) is 8.94. The molecule has 0 aromatic carbocycles. The van der Waals surface area contributed by atoms with Gasteiger partial charge in [0.25, 0.3) is 6.26 Å². The van der Waals surface area contributed by atoms with Crippen molar-refractivity contribution in [2.24, 2.45) is 0 Å². The summed E-state index contributed by atoms with van der Waals surface area (Å²) in [5, 5.41) is 13.8. The van der Waals surface area contributed by atoms with Gasteiger partial charge < -0.3 is 9.59 Å². The van der Waals surface area contributed by atoms with Gasteiger partial charge >= 0.3 is 0 Å². The predicted octanol–water partition coefficient (Wildman–Crippen LogP) is 2.39. The van der Waals surface area contributed by atoms with E-state index in [-0.39, 0.29) is 0 Å². The minimum Gasteiger partial charge on any atom is -0.443 e. The lowest BCUT2D eigenvalue weighted by atomic mass is 10.3. The largest absolute Gasteiger partial charge is 0.443 e. The van der Waals surface area contributed by atoms with E-state index < -0.39 is 0 Å². The maximum Gasteiger partial charge on any atom is 0.283 e. The Morgan fingerprint density at radius 1 is 0.875 bits per heavy atom. The molecule has 0 spiro atoms. The van der Waals surface area contributed by atoms with E-state index in [0.717, 1.165) is 36.9 Å². The first-order valence-electron chi connectivity index (χ1n) is 4.98. The molecule has 16 heavy (non-hydrogen) atoms. The Balaban J connectivity index is 0. The van der Waals surface area contributed by atoms with Crippen LogP contribution in [0.25, 0.3) is 0 Å². The molecule has 0 saturated carbocycles. The highest BCUT2D eigenvalue weighted by Gasteiger charge is 2.20. The van der Waals surface area contributed by atoms with E-state index in [0.29, 0.717) is 0 Å². The van der Waals surface area contributed by atoms with E-state index in [4.69, 9.17) is 10.4 Å². The smallest absolute Gasteiger partial charge is 0.283 e. The Labute approximate surface area is 98.5 Å². The van der Waals surface area contributed by atoms with E-state index in [1.807, 2.05) is 24.3 Å². The highest BCUT2D eigenvalue weighted by Crippen LogP contribution is 2.07. The first-order valence-corrected chi connectivity index (χ1v) is 4.98. The summed E-state index contributed by atoms with van der Waals surface area (Å²) in [6.45, 7) is 18.8. The molecule has 0 aromatic rings. The van der Waals surface area contributed by atoms with Gasteiger partial charge in [0.15, 0.2) is 0 Å². The van der Waals surface area contributed by atoms with Gasteiger partial charge in [-0.05, 0) is 24.3 Å². The molecule has 3 heteroatoms. The van der Waals surface area contributed by atoms with Crippen LogP contribution in [0.15, 0.2) is 50.6 Å². The second-order valence-corrected chi connectivity index (χ2v) is 3.33. The molecule has 0 bridgehead atoms. The lowest BCUT2D eigenvalue weighted by Crippen LogP contribution is -2.48. The lowest BCUT2D eigenvalue weighted by Gasteiger charge is -2.35. The van der Waals surface area contributed by atoms with Crippen molar-refractivity contribution in [3.63, 3.8) is 0 Å². The van der Waals surface area contributed by atoms with Crippen molar-refractivity contribution >= 4 is 0 Å². The van der Waals surface area contributed by atoms with Crippen molar-refractivity contribution in [3.8, 4) is 6.26 Å². The molecule has 0 amide bonds. The van der Waals surface area contributed by atoms with E-state index in [9.17, 15) is 0 Å². The van der Waals surface area contributed by atoms with E-state index >= 15 is 0 Å². The zero-order valence-electron chi connectivity index (χ0n) is 9.81. The Morgan fingerprint density at radius 3 is 1.19 bits per heavy atom. The van der Waals surface area contributed by atoms with Gasteiger partial charge in [0.05, 0.1) is 26.2 Å². The maximum atomic E-state index is 6.88. The van der Waals surface area contributed by atoms with Crippen LogP contribution in [0, 0.1) is 11.5 Å². The molecule has 0 saturated heterocycles. The molecular weight excluding hydrogens is 200 g/mol. The second-order valence-electron chi connectivity index (χ2n) is 3.33. The standard InChI is InChI=1S/C12H20N.CHNO/c1-5-9-13(10-6-2,11-7-3)12-8-4;2-1-3/h5-8H,1-4,9-12H2;3H/q+1;. The van der Waals surface area contributed by atoms with Crippen LogP contribution in [0.3, 0.4) is 0 Å². The molecule has 0 unspecified atom stereocenters. The van der Waals surface area contributed by atoms with Crippen LogP contribution in [0.4, 0.5) is 0 Å². The molecule has 1 N–H and O–H groups in total. The molecule has 0 aliphatic carbocycles. The number of aliphatic hydroxyl groups excluding tert-OH is 1. The summed E-state index contributed by atoms with van der Waals surface area (Å²) < 4.78 is 0.903. The van der Waals surface area contributed by atoms with Gasteiger partial charge in [-0.3, -0.25) is 0 Å². The fraction of sp³-hybridized carbons (Fsp3) is 0.308. The molecule has 0 aliphatic rings. The maximum absolute atomic E-state index is 6.88. The summed E-state index contributed by atoms with van der Waals surface area (Å²) in [6, 6.07) is 0. The Kier molecular flexibility index (Phi) is 11.7.